The zero-order valence-electron chi connectivity index (χ0n) is 13.0. The largest absolute Gasteiger partial charge is 0.361 e. The number of aromatic amines is 1. The van der Waals surface area contributed by atoms with Gasteiger partial charge in [0.15, 0.2) is 5.16 Å². The molecule has 5 nitrogen and oxygen atoms in total. The highest BCUT2D eigenvalue weighted by Gasteiger charge is 2.15. The van der Waals surface area contributed by atoms with E-state index in [4.69, 9.17) is 4.52 Å². The molecule has 0 amide bonds. The van der Waals surface area contributed by atoms with Crippen LogP contribution < -0.4 is 5.56 Å². The third kappa shape index (κ3) is 2.70. The first-order valence-corrected chi connectivity index (χ1v) is 9.98. The van der Waals surface area contributed by atoms with Gasteiger partial charge in [0.2, 0.25) is 0 Å². The van der Waals surface area contributed by atoms with E-state index in [1.165, 1.54) is 23.1 Å². The highest BCUT2D eigenvalue weighted by molar-refractivity contribution is 7.98. The van der Waals surface area contributed by atoms with Crippen molar-refractivity contribution in [2.45, 2.75) is 24.8 Å². The summed E-state index contributed by atoms with van der Waals surface area (Å²) in [7, 11) is 0. The molecule has 4 aromatic heterocycles. The Morgan fingerprint density at radius 3 is 2.92 bits per heavy atom. The van der Waals surface area contributed by atoms with Gasteiger partial charge in [-0.1, -0.05) is 23.0 Å². The Balaban J connectivity index is 1.68. The lowest BCUT2D eigenvalue weighted by Crippen LogP contribution is -2.08. The summed E-state index contributed by atoms with van der Waals surface area (Å²) >= 11 is 4.61. The van der Waals surface area contributed by atoms with Gasteiger partial charge in [-0.05, 0) is 25.3 Å². The molecule has 4 rings (SSSR count). The Morgan fingerprint density at radius 2 is 2.21 bits per heavy atom. The maximum Gasteiger partial charge on any atom is 0.260 e. The number of nitrogens with one attached hydrogen (secondary N) is 1. The summed E-state index contributed by atoms with van der Waals surface area (Å²) in [5.74, 6) is 1.47. The molecule has 122 valence electrons. The zero-order chi connectivity index (χ0) is 16.7. The Kier molecular flexibility index (Phi) is 4.03. The number of thiophene rings is 2. The molecule has 0 aliphatic carbocycles. The second-order valence-electron chi connectivity index (χ2n) is 5.27. The third-order valence-electron chi connectivity index (χ3n) is 3.74. The number of H-pyrrole nitrogens is 1. The van der Waals surface area contributed by atoms with Gasteiger partial charge in [0.1, 0.15) is 10.6 Å². The average Bonchev–Trinajstić information content (AvgIpc) is 3.26. The molecule has 0 fully saturated rings. The van der Waals surface area contributed by atoms with Crippen LogP contribution >= 0.6 is 34.4 Å². The maximum atomic E-state index is 12.5. The van der Waals surface area contributed by atoms with Crippen molar-refractivity contribution < 1.29 is 4.52 Å². The number of rotatable bonds is 4. The Bertz CT molecular complexity index is 1040. The normalized spacial score (nSPS) is 11.4. The van der Waals surface area contributed by atoms with Gasteiger partial charge in [0, 0.05) is 27.1 Å². The molecule has 8 heteroatoms. The number of thioether (sulfide) groups is 1. The summed E-state index contributed by atoms with van der Waals surface area (Å²) < 4.78 is 5.17. The van der Waals surface area contributed by atoms with Gasteiger partial charge in [-0.25, -0.2) is 4.98 Å². The second-order valence-corrected chi connectivity index (χ2v) is 8.04. The number of aromatic nitrogens is 3. The number of aryl methyl sites for hydroxylation is 2. The summed E-state index contributed by atoms with van der Waals surface area (Å²) in [5, 5.41) is 9.25. The molecular weight excluding hydrogens is 362 g/mol. The van der Waals surface area contributed by atoms with E-state index in [0.29, 0.717) is 16.3 Å². The van der Waals surface area contributed by atoms with Crippen molar-refractivity contribution in [3.05, 3.63) is 50.3 Å². The Morgan fingerprint density at radius 1 is 1.33 bits per heavy atom. The molecule has 0 atom stereocenters. The predicted octanol–water partition coefficient (Wildman–Crippen LogP) is 4.61. The van der Waals surface area contributed by atoms with Crippen molar-refractivity contribution in [3.8, 4) is 10.4 Å². The van der Waals surface area contributed by atoms with Crippen LogP contribution in [0.2, 0.25) is 0 Å². The van der Waals surface area contributed by atoms with E-state index in [1.807, 2.05) is 36.7 Å². The lowest BCUT2D eigenvalue weighted by atomic mass is 10.2. The number of hydrogen-bond acceptors (Lipinski definition) is 7. The van der Waals surface area contributed by atoms with Crippen molar-refractivity contribution >= 4 is 44.7 Å². The van der Waals surface area contributed by atoms with Crippen LogP contribution in [0.1, 0.15) is 17.0 Å². The second kappa shape index (κ2) is 6.19. The van der Waals surface area contributed by atoms with Gasteiger partial charge in [0.25, 0.3) is 5.56 Å². The Hall–Kier alpha value is -1.90. The van der Waals surface area contributed by atoms with Gasteiger partial charge in [0.05, 0.1) is 11.1 Å². The van der Waals surface area contributed by atoms with E-state index in [0.717, 1.165) is 32.3 Å². The third-order valence-corrected chi connectivity index (χ3v) is 6.42. The average molecular weight is 376 g/mol. The summed E-state index contributed by atoms with van der Waals surface area (Å²) in [5.41, 5.74) is 2.79. The lowest BCUT2D eigenvalue weighted by Gasteiger charge is -2.01. The summed E-state index contributed by atoms with van der Waals surface area (Å²) in [4.78, 5) is 21.9. The van der Waals surface area contributed by atoms with E-state index >= 15 is 0 Å². The first-order valence-electron chi connectivity index (χ1n) is 7.23. The van der Waals surface area contributed by atoms with Crippen molar-refractivity contribution in [1.82, 2.24) is 15.1 Å². The van der Waals surface area contributed by atoms with Crippen molar-refractivity contribution in [1.29, 1.82) is 0 Å². The fourth-order valence-electron chi connectivity index (χ4n) is 2.46. The van der Waals surface area contributed by atoms with Crippen LogP contribution in [0, 0.1) is 13.8 Å². The van der Waals surface area contributed by atoms with Gasteiger partial charge in [-0.15, -0.1) is 22.7 Å². The lowest BCUT2D eigenvalue weighted by molar-refractivity contribution is 0.392. The summed E-state index contributed by atoms with van der Waals surface area (Å²) in [6.07, 6.45) is 0. The van der Waals surface area contributed by atoms with Gasteiger partial charge < -0.3 is 9.51 Å². The fourth-order valence-corrected chi connectivity index (χ4v) is 5.29. The van der Waals surface area contributed by atoms with Crippen molar-refractivity contribution in [2.75, 3.05) is 0 Å². The predicted molar refractivity (Wildman–Crippen MR) is 99.1 cm³/mol. The van der Waals surface area contributed by atoms with E-state index in [2.05, 4.69) is 15.1 Å². The van der Waals surface area contributed by atoms with Crippen LogP contribution in [0.25, 0.3) is 20.7 Å². The molecule has 0 saturated carbocycles. The molecule has 0 unspecified atom stereocenters. The van der Waals surface area contributed by atoms with Crippen LogP contribution in [-0.2, 0) is 5.75 Å². The highest BCUT2D eigenvalue weighted by atomic mass is 32.2. The van der Waals surface area contributed by atoms with Gasteiger partial charge in [-0.3, -0.25) is 4.79 Å². The van der Waals surface area contributed by atoms with Crippen LogP contribution in [0.5, 0.6) is 0 Å². The molecule has 0 spiro atoms. The standard InChI is InChI=1S/C16H13N3O2S3/c1-8-10(9(2)21-19-8)6-24-16-17-14(20)13-11(7-23-15(13)18-16)12-4-3-5-22-12/h3-5,7H,6H2,1-2H3,(H,17,18,20). The molecule has 1 N–H and O–H groups in total. The first kappa shape index (κ1) is 15.6. The maximum absolute atomic E-state index is 12.5. The van der Waals surface area contributed by atoms with E-state index in [9.17, 15) is 4.79 Å². The summed E-state index contributed by atoms with van der Waals surface area (Å²) in [6, 6.07) is 4.00. The topological polar surface area (TPSA) is 71.8 Å². The number of hydrogen-bond donors (Lipinski definition) is 1. The van der Waals surface area contributed by atoms with Gasteiger partial charge >= 0.3 is 0 Å². The number of nitrogens with zero attached hydrogens (tertiary/aromatic N) is 2. The fraction of sp³-hybridized carbons (Fsp3) is 0.188. The minimum Gasteiger partial charge on any atom is -0.361 e. The van der Waals surface area contributed by atoms with Crippen LogP contribution in [0.15, 0.2) is 37.4 Å². The van der Waals surface area contributed by atoms with E-state index in [-0.39, 0.29) is 5.56 Å². The highest BCUT2D eigenvalue weighted by Crippen LogP contribution is 2.34. The van der Waals surface area contributed by atoms with Crippen LogP contribution in [0.3, 0.4) is 0 Å². The molecule has 4 aromatic rings. The minimum absolute atomic E-state index is 0.0917. The SMILES string of the molecule is Cc1noc(C)c1CSc1nc2scc(-c3cccs3)c2c(=O)[nH]1. The molecule has 24 heavy (non-hydrogen) atoms. The molecular formula is C16H13N3O2S3. The van der Waals surface area contributed by atoms with Crippen LogP contribution in [0.4, 0.5) is 0 Å². The smallest absolute Gasteiger partial charge is 0.260 e. The van der Waals surface area contributed by atoms with E-state index in [1.54, 1.807) is 11.3 Å². The zero-order valence-corrected chi connectivity index (χ0v) is 15.4. The quantitative estimate of drug-likeness (QED) is 0.416. The van der Waals surface area contributed by atoms with Crippen molar-refractivity contribution in [3.63, 3.8) is 0 Å². The first-order chi connectivity index (χ1) is 11.6. The summed E-state index contributed by atoms with van der Waals surface area (Å²) in [6.45, 7) is 3.81. The monoisotopic (exact) mass is 375 g/mol. The molecule has 0 radical (unpaired) electrons. The van der Waals surface area contributed by atoms with Crippen LogP contribution in [-0.4, -0.2) is 15.1 Å². The molecule has 0 aliphatic rings. The van der Waals surface area contributed by atoms with Gasteiger partial charge in [-0.2, -0.15) is 0 Å². The molecule has 0 aromatic carbocycles. The van der Waals surface area contributed by atoms with Crippen molar-refractivity contribution in [2.24, 2.45) is 0 Å². The Labute approximate surface area is 149 Å². The minimum atomic E-state index is -0.0917. The molecule has 4 heterocycles. The van der Waals surface area contributed by atoms with E-state index < -0.39 is 0 Å². The molecule has 0 bridgehead atoms. The molecule has 0 saturated heterocycles. The molecule has 0 aliphatic heterocycles. The number of fused-ring (bicyclic) bond motifs is 1.